The molecule has 0 saturated carbocycles. The van der Waals surface area contributed by atoms with Crippen molar-refractivity contribution in [1.82, 2.24) is 4.90 Å². The smallest absolute Gasteiger partial charge is 0.257 e. The number of aromatic hydroxyl groups is 1. The van der Waals surface area contributed by atoms with E-state index in [4.69, 9.17) is 11.6 Å². The summed E-state index contributed by atoms with van der Waals surface area (Å²) < 4.78 is 13.7. The van der Waals surface area contributed by atoms with Crippen LogP contribution in [0.15, 0.2) is 42.5 Å². The molecule has 0 aliphatic carbocycles. The molecule has 0 aliphatic heterocycles. The number of hydrogen-bond acceptors (Lipinski definition) is 2. The van der Waals surface area contributed by atoms with Gasteiger partial charge in [0.05, 0.1) is 5.56 Å². The van der Waals surface area contributed by atoms with Crippen molar-refractivity contribution in [2.75, 3.05) is 7.05 Å². The molecule has 0 atom stereocenters. The van der Waals surface area contributed by atoms with E-state index in [2.05, 4.69) is 0 Å². The second kappa shape index (κ2) is 5.92. The zero-order valence-corrected chi connectivity index (χ0v) is 11.6. The van der Waals surface area contributed by atoms with Crippen LogP contribution in [0.25, 0.3) is 0 Å². The van der Waals surface area contributed by atoms with E-state index in [-0.39, 0.29) is 28.4 Å². The molecule has 0 radical (unpaired) electrons. The Hall–Kier alpha value is -2.07. The molecule has 2 aromatic carbocycles. The van der Waals surface area contributed by atoms with E-state index in [0.29, 0.717) is 0 Å². The van der Waals surface area contributed by atoms with Crippen molar-refractivity contribution in [3.8, 4) is 5.75 Å². The topological polar surface area (TPSA) is 40.5 Å². The van der Waals surface area contributed by atoms with Gasteiger partial charge in [0, 0.05) is 24.2 Å². The third-order valence-electron chi connectivity index (χ3n) is 2.94. The van der Waals surface area contributed by atoms with Crippen LogP contribution in [0, 0.1) is 5.82 Å². The molecule has 1 amide bonds. The van der Waals surface area contributed by atoms with Crippen LogP contribution in [0.3, 0.4) is 0 Å². The fourth-order valence-corrected chi connectivity index (χ4v) is 2.08. The third-order valence-corrected chi connectivity index (χ3v) is 3.29. The lowest BCUT2D eigenvalue weighted by Crippen LogP contribution is -2.26. The summed E-state index contributed by atoms with van der Waals surface area (Å²) in [6, 6.07) is 10.6. The van der Waals surface area contributed by atoms with Crippen LogP contribution >= 0.6 is 11.6 Å². The number of hydrogen-bond donors (Lipinski definition) is 1. The van der Waals surface area contributed by atoms with Crippen molar-refractivity contribution < 1.29 is 14.3 Å². The first kappa shape index (κ1) is 14.3. The predicted molar refractivity (Wildman–Crippen MR) is 75.3 cm³/mol. The highest BCUT2D eigenvalue weighted by atomic mass is 35.5. The molecule has 0 fully saturated rings. The van der Waals surface area contributed by atoms with Gasteiger partial charge in [0.15, 0.2) is 0 Å². The second-order valence-electron chi connectivity index (χ2n) is 4.38. The van der Waals surface area contributed by atoms with Gasteiger partial charge in [-0.1, -0.05) is 29.8 Å². The van der Waals surface area contributed by atoms with Crippen LogP contribution < -0.4 is 0 Å². The summed E-state index contributed by atoms with van der Waals surface area (Å²) >= 11 is 5.93. The van der Waals surface area contributed by atoms with Crippen LogP contribution in [0.5, 0.6) is 5.75 Å². The monoisotopic (exact) mass is 293 g/mol. The Morgan fingerprint density at radius 3 is 2.60 bits per heavy atom. The first-order chi connectivity index (χ1) is 9.50. The first-order valence-corrected chi connectivity index (χ1v) is 6.35. The summed E-state index contributed by atoms with van der Waals surface area (Å²) in [5.74, 6) is -0.971. The minimum absolute atomic E-state index is 0.0265. The van der Waals surface area contributed by atoms with Crippen LogP contribution in [-0.4, -0.2) is 23.0 Å². The summed E-state index contributed by atoms with van der Waals surface area (Å²) in [6.45, 7) is 0.0265. The number of rotatable bonds is 3. The van der Waals surface area contributed by atoms with Crippen molar-refractivity contribution in [2.24, 2.45) is 0 Å². The Kier molecular flexibility index (Phi) is 4.25. The van der Waals surface area contributed by atoms with Crippen molar-refractivity contribution >= 4 is 17.5 Å². The van der Waals surface area contributed by atoms with Gasteiger partial charge in [-0.05, 0) is 24.3 Å². The van der Waals surface area contributed by atoms with Gasteiger partial charge in [-0.15, -0.1) is 0 Å². The normalized spacial score (nSPS) is 10.3. The summed E-state index contributed by atoms with van der Waals surface area (Å²) in [6.07, 6.45) is 0. The molecule has 0 aromatic heterocycles. The lowest BCUT2D eigenvalue weighted by molar-refractivity contribution is 0.0781. The van der Waals surface area contributed by atoms with E-state index in [0.717, 1.165) is 0 Å². The Morgan fingerprint density at radius 1 is 1.25 bits per heavy atom. The fourth-order valence-electron chi connectivity index (χ4n) is 1.85. The van der Waals surface area contributed by atoms with E-state index >= 15 is 0 Å². The fraction of sp³-hybridized carbons (Fsp3) is 0.133. The highest BCUT2D eigenvalue weighted by molar-refractivity contribution is 6.31. The number of para-hydroxylation sites is 1. The van der Waals surface area contributed by atoms with Gasteiger partial charge in [-0.25, -0.2) is 4.39 Å². The maximum absolute atomic E-state index is 13.7. The average molecular weight is 294 g/mol. The number of amides is 1. The summed E-state index contributed by atoms with van der Waals surface area (Å²) in [7, 11) is 1.53. The third kappa shape index (κ3) is 2.91. The number of halogens is 2. The summed E-state index contributed by atoms with van der Waals surface area (Å²) in [5.41, 5.74) is 0.419. The number of carbonyl (C=O) groups excluding carboxylic acids is 1. The van der Waals surface area contributed by atoms with Gasteiger partial charge in [0.1, 0.15) is 11.6 Å². The molecule has 0 heterocycles. The SMILES string of the molecule is CN(Cc1c(F)cccc1Cl)C(=O)c1ccccc1O. The van der Waals surface area contributed by atoms with Crippen LogP contribution in [0.1, 0.15) is 15.9 Å². The molecule has 104 valence electrons. The predicted octanol–water partition coefficient (Wildman–Crippen LogP) is 3.46. The molecule has 0 bridgehead atoms. The van der Waals surface area contributed by atoms with Crippen LogP contribution in [0.4, 0.5) is 4.39 Å². The standard InChI is InChI=1S/C15H13ClFNO2/c1-18(9-11-12(16)6-4-7-13(11)17)15(20)10-5-2-3-8-14(10)19/h2-8,19H,9H2,1H3. The summed E-state index contributed by atoms with van der Waals surface area (Å²) in [4.78, 5) is 13.5. The molecule has 2 rings (SSSR count). The zero-order valence-electron chi connectivity index (χ0n) is 10.8. The molecule has 20 heavy (non-hydrogen) atoms. The molecule has 1 N–H and O–H groups in total. The molecule has 0 spiro atoms. The van der Waals surface area contributed by atoms with Crippen molar-refractivity contribution in [2.45, 2.75) is 6.54 Å². The van der Waals surface area contributed by atoms with E-state index in [1.54, 1.807) is 18.2 Å². The van der Waals surface area contributed by atoms with Crippen molar-refractivity contribution in [3.63, 3.8) is 0 Å². The Bertz CT molecular complexity index is 625. The minimum atomic E-state index is -0.463. The first-order valence-electron chi connectivity index (χ1n) is 5.97. The maximum Gasteiger partial charge on any atom is 0.257 e. The lowest BCUT2D eigenvalue weighted by Gasteiger charge is -2.19. The number of phenolic OH excluding ortho intramolecular Hbond substituents is 1. The number of carbonyl (C=O) groups is 1. The second-order valence-corrected chi connectivity index (χ2v) is 4.79. The van der Waals surface area contributed by atoms with Crippen LogP contribution in [-0.2, 0) is 6.54 Å². The Balaban J connectivity index is 2.23. The lowest BCUT2D eigenvalue weighted by atomic mass is 10.1. The van der Waals surface area contributed by atoms with Gasteiger partial charge in [0.25, 0.3) is 5.91 Å². The molecule has 0 aliphatic rings. The van der Waals surface area contributed by atoms with E-state index in [1.807, 2.05) is 0 Å². The molecule has 3 nitrogen and oxygen atoms in total. The quantitative estimate of drug-likeness (QED) is 0.941. The number of phenols is 1. The van der Waals surface area contributed by atoms with Crippen LogP contribution in [0.2, 0.25) is 5.02 Å². The Labute approximate surface area is 121 Å². The zero-order chi connectivity index (χ0) is 14.7. The maximum atomic E-state index is 13.7. The van der Waals surface area contributed by atoms with Gasteiger partial charge < -0.3 is 10.0 Å². The van der Waals surface area contributed by atoms with Gasteiger partial charge in [-0.3, -0.25) is 4.79 Å². The molecule has 2 aromatic rings. The van der Waals surface area contributed by atoms with E-state index < -0.39 is 11.7 Å². The molecule has 0 unspecified atom stereocenters. The molecular weight excluding hydrogens is 281 g/mol. The van der Waals surface area contributed by atoms with Crippen molar-refractivity contribution in [1.29, 1.82) is 0 Å². The minimum Gasteiger partial charge on any atom is -0.507 e. The van der Waals surface area contributed by atoms with E-state index in [9.17, 15) is 14.3 Å². The van der Waals surface area contributed by atoms with Crippen molar-refractivity contribution in [3.05, 3.63) is 64.4 Å². The van der Waals surface area contributed by atoms with Gasteiger partial charge >= 0.3 is 0 Å². The number of benzene rings is 2. The highest BCUT2D eigenvalue weighted by Crippen LogP contribution is 2.22. The largest absolute Gasteiger partial charge is 0.507 e. The van der Waals surface area contributed by atoms with Gasteiger partial charge in [-0.2, -0.15) is 0 Å². The summed E-state index contributed by atoms with van der Waals surface area (Å²) in [5, 5.41) is 9.92. The molecule has 0 saturated heterocycles. The highest BCUT2D eigenvalue weighted by Gasteiger charge is 2.18. The Morgan fingerprint density at radius 2 is 1.95 bits per heavy atom. The van der Waals surface area contributed by atoms with Gasteiger partial charge in [0.2, 0.25) is 0 Å². The average Bonchev–Trinajstić information content (AvgIpc) is 2.42. The molecular formula is C15H13ClFNO2. The molecule has 5 heteroatoms. The number of nitrogens with zero attached hydrogens (tertiary/aromatic N) is 1. The van der Waals surface area contributed by atoms with E-state index in [1.165, 1.54) is 36.2 Å².